The fourth-order valence-electron chi connectivity index (χ4n) is 1.86. The lowest BCUT2D eigenvalue weighted by Gasteiger charge is -2.15. The van der Waals surface area contributed by atoms with Gasteiger partial charge in [0.05, 0.1) is 0 Å². The van der Waals surface area contributed by atoms with E-state index < -0.39 is 0 Å². The fraction of sp³-hybridized carbons (Fsp3) is 0.417. The Labute approximate surface area is 101 Å². The number of nitrogens with zero attached hydrogens (tertiary/aromatic N) is 4. The van der Waals surface area contributed by atoms with Crippen LogP contribution in [0.1, 0.15) is 24.4 Å². The molecule has 2 aromatic rings. The van der Waals surface area contributed by atoms with Crippen LogP contribution < -0.4 is 5.32 Å². The molecule has 0 bridgehead atoms. The lowest BCUT2D eigenvalue weighted by atomic mass is 10.1. The maximum absolute atomic E-state index is 4.29. The van der Waals surface area contributed by atoms with E-state index in [-0.39, 0.29) is 6.04 Å². The van der Waals surface area contributed by atoms with E-state index >= 15 is 0 Å². The summed E-state index contributed by atoms with van der Waals surface area (Å²) in [5.74, 6) is 0.996. The predicted octanol–water partition coefficient (Wildman–Crippen LogP) is 1.20. The Hall–Kier alpha value is -1.75. The van der Waals surface area contributed by atoms with Gasteiger partial charge >= 0.3 is 0 Å². The minimum atomic E-state index is 0.221. The van der Waals surface area contributed by atoms with Gasteiger partial charge in [0.1, 0.15) is 12.2 Å². The summed E-state index contributed by atoms with van der Waals surface area (Å²) in [5.41, 5.74) is 1.17. The van der Waals surface area contributed by atoms with Gasteiger partial charge in [-0.25, -0.2) is 4.98 Å². The lowest BCUT2D eigenvalue weighted by molar-refractivity contribution is 0.532. The first-order valence-electron chi connectivity index (χ1n) is 5.79. The number of hydrogen-bond donors (Lipinski definition) is 1. The molecule has 0 amide bonds. The van der Waals surface area contributed by atoms with Gasteiger partial charge in [-0.15, -0.1) is 0 Å². The van der Waals surface area contributed by atoms with E-state index in [0.717, 1.165) is 18.8 Å². The molecule has 1 N–H and O–H groups in total. The third kappa shape index (κ3) is 2.68. The minimum Gasteiger partial charge on any atom is -0.313 e. The molecule has 0 radical (unpaired) electrons. The second-order valence-electron chi connectivity index (χ2n) is 3.82. The molecule has 0 saturated carbocycles. The molecule has 0 aliphatic carbocycles. The maximum atomic E-state index is 4.29. The number of likely N-dealkylation sites (N-methyl/N-ethyl adjacent to an activating group) is 1. The summed E-state index contributed by atoms with van der Waals surface area (Å²) in [4.78, 5) is 8.43. The van der Waals surface area contributed by atoms with Gasteiger partial charge in [0.2, 0.25) is 0 Å². The smallest absolute Gasteiger partial charge is 0.138 e. The van der Waals surface area contributed by atoms with Crippen LogP contribution in [0.5, 0.6) is 0 Å². The maximum Gasteiger partial charge on any atom is 0.138 e. The standard InChI is InChI=1S/C12H17N5/c1-3-17-12(15-9-16-17)7-11(13-2)10-5-4-6-14-8-10/h4-6,8-9,11,13H,3,7H2,1-2H3. The van der Waals surface area contributed by atoms with Crippen molar-refractivity contribution in [3.05, 3.63) is 42.2 Å². The van der Waals surface area contributed by atoms with E-state index in [1.54, 1.807) is 12.5 Å². The largest absolute Gasteiger partial charge is 0.313 e. The summed E-state index contributed by atoms with van der Waals surface area (Å²) < 4.78 is 1.92. The van der Waals surface area contributed by atoms with Crippen LogP contribution in [0.4, 0.5) is 0 Å². The Balaban J connectivity index is 2.16. The predicted molar refractivity (Wildman–Crippen MR) is 65.4 cm³/mol. The van der Waals surface area contributed by atoms with Crippen molar-refractivity contribution in [3.8, 4) is 0 Å². The third-order valence-electron chi connectivity index (χ3n) is 2.82. The van der Waals surface area contributed by atoms with E-state index in [1.807, 2.05) is 24.0 Å². The number of pyridine rings is 1. The van der Waals surface area contributed by atoms with Crippen molar-refractivity contribution in [1.82, 2.24) is 25.1 Å². The van der Waals surface area contributed by atoms with E-state index in [4.69, 9.17) is 0 Å². The van der Waals surface area contributed by atoms with Crippen LogP contribution >= 0.6 is 0 Å². The molecule has 17 heavy (non-hydrogen) atoms. The Morgan fingerprint density at radius 1 is 1.47 bits per heavy atom. The highest BCUT2D eigenvalue weighted by molar-refractivity contribution is 5.15. The highest BCUT2D eigenvalue weighted by Gasteiger charge is 2.13. The summed E-state index contributed by atoms with van der Waals surface area (Å²) in [7, 11) is 1.95. The van der Waals surface area contributed by atoms with Crippen LogP contribution in [0, 0.1) is 0 Å². The van der Waals surface area contributed by atoms with Crippen molar-refractivity contribution < 1.29 is 0 Å². The zero-order valence-corrected chi connectivity index (χ0v) is 10.2. The molecule has 5 heteroatoms. The van der Waals surface area contributed by atoms with Crippen LogP contribution in [-0.2, 0) is 13.0 Å². The van der Waals surface area contributed by atoms with Crippen molar-refractivity contribution in [1.29, 1.82) is 0 Å². The molecule has 2 rings (SSSR count). The third-order valence-corrected chi connectivity index (χ3v) is 2.82. The van der Waals surface area contributed by atoms with Crippen molar-refractivity contribution in [2.45, 2.75) is 25.9 Å². The van der Waals surface area contributed by atoms with Crippen LogP contribution in [0.25, 0.3) is 0 Å². The van der Waals surface area contributed by atoms with Crippen molar-refractivity contribution in [3.63, 3.8) is 0 Å². The van der Waals surface area contributed by atoms with Gasteiger partial charge in [-0.3, -0.25) is 9.67 Å². The zero-order valence-electron chi connectivity index (χ0n) is 10.2. The second-order valence-corrected chi connectivity index (χ2v) is 3.82. The number of aryl methyl sites for hydroxylation is 1. The highest BCUT2D eigenvalue weighted by atomic mass is 15.3. The normalized spacial score (nSPS) is 12.6. The second kappa shape index (κ2) is 5.54. The fourth-order valence-corrected chi connectivity index (χ4v) is 1.86. The van der Waals surface area contributed by atoms with Gasteiger partial charge in [-0.05, 0) is 25.6 Å². The monoisotopic (exact) mass is 231 g/mol. The van der Waals surface area contributed by atoms with Crippen LogP contribution in [0.2, 0.25) is 0 Å². The Kier molecular flexibility index (Phi) is 3.82. The SMILES string of the molecule is CCn1ncnc1CC(NC)c1cccnc1. The van der Waals surface area contributed by atoms with Gasteiger partial charge in [-0.2, -0.15) is 5.10 Å². The molecule has 0 aliphatic heterocycles. The first-order valence-corrected chi connectivity index (χ1v) is 5.79. The first-order chi connectivity index (χ1) is 8.35. The van der Waals surface area contributed by atoms with Gasteiger partial charge in [0, 0.05) is 31.4 Å². The Morgan fingerprint density at radius 3 is 3.00 bits per heavy atom. The molecular formula is C12H17N5. The molecule has 1 atom stereocenters. The average molecular weight is 231 g/mol. The van der Waals surface area contributed by atoms with Gasteiger partial charge in [-0.1, -0.05) is 6.07 Å². The van der Waals surface area contributed by atoms with E-state index in [9.17, 15) is 0 Å². The van der Waals surface area contributed by atoms with E-state index in [0.29, 0.717) is 0 Å². The summed E-state index contributed by atoms with van der Waals surface area (Å²) in [6.45, 7) is 2.91. The van der Waals surface area contributed by atoms with Crippen molar-refractivity contribution in [2.75, 3.05) is 7.05 Å². The lowest BCUT2D eigenvalue weighted by Crippen LogP contribution is -2.21. The summed E-state index contributed by atoms with van der Waals surface area (Å²) in [6, 6.07) is 4.24. The number of aromatic nitrogens is 4. The molecule has 0 fully saturated rings. The number of nitrogens with one attached hydrogen (secondary N) is 1. The van der Waals surface area contributed by atoms with Gasteiger partial charge in [0.25, 0.3) is 0 Å². The molecular weight excluding hydrogens is 214 g/mol. The van der Waals surface area contributed by atoms with E-state index in [1.165, 1.54) is 5.56 Å². The van der Waals surface area contributed by atoms with Gasteiger partial charge in [0.15, 0.2) is 0 Å². The summed E-state index contributed by atoms with van der Waals surface area (Å²) >= 11 is 0. The zero-order chi connectivity index (χ0) is 12.1. The quantitative estimate of drug-likeness (QED) is 0.840. The molecule has 0 saturated heterocycles. The highest BCUT2D eigenvalue weighted by Crippen LogP contribution is 2.15. The minimum absolute atomic E-state index is 0.221. The first kappa shape index (κ1) is 11.7. The van der Waals surface area contributed by atoms with Crippen molar-refractivity contribution in [2.24, 2.45) is 0 Å². The molecule has 5 nitrogen and oxygen atoms in total. The van der Waals surface area contributed by atoms with Crippen molar-refractivity contribution >= 4 is 0 Å². The molecule has 2 aromatic heterocycles. The van der Waals surface area contributed by atoms with Gasteiger partial charge < -0.3 is 5.32 Å². The number of rotatable bonds is 5. The topological polar surface area (TPSA) is 55.6 Å². The molecule has 2 heterocycles. The molecule has 0 aliphatic rings. The summed E-state index contributed by atoms with van der Waals surface area (Å²) in [5, 5.41) is 7.46. The molecule has 0 aromatic carbocycles. The van der Waals surface area contributed by atoms with Crippen LogP contribution in [0.15, 0.2) is 30.9 Å². The summed E-state index contributed by atoms with van der Waals surface area (Å²) in [6.07, 6.45) is 6.09. The Morgan fingerprint density at radius 2 is 2.35 bits per heavy atom. The molecule has 90 valence electrons. The molecule has 0 spiro atoms. The number of hydrogen-bond acceptors (Lipinski definition) is 4. The molecule has 1 unspecified atom stereocenters. The van der Waals surface area contributed by atoms with Crippen LogP contribution in [-0.4, -0.2) is 26.8 Å². The van der Waals surface area contributed by atoms with Crippen LogP contribution in [0.3, 0.4) is 0 Å². The van der Waals surface area contributed by atoms with E-state index in [2.05, 4.69) is 33.4 Å². The Bertz CT molecular complexity index is 451. The average Bonchev–Trinajstić information content (AvgIpc) is 2.84.